The van der Waals surface area contributed by atoms with E-state index >= 15 is 0 Å². The first-order valence-electron chi connectivity index (χ1n) is 11.8. The first-order chi connectivity index (χ1) is 14.2. The number of carbonyl (C=O) groups excluding carboxylic acids is 1. The second kappa shape index (κ2) is 10.4. The van der Waals surface area contributed by atoms with Crippen molar-refractivity contribution in [2.45, 2.75) is 77.3 Å². The van der Waals surface area contributed by atoms with Gasteiger partial charge in [0, 0.05) is 43.5 Å². The molecule has 3 fully saturated rings. The highest BCUT2D eigenvalue weighted by Crippen LogP contribution is 2.26. The molecule has 0 radical (unpaired) electrons. The van der Waals surface area contributed by atoms with Crippen molar-refractivity contribution in [2.24, 2.45) is 11.8 Å². The minimum Gasteiger partial charge on any atom is -0.353 e. The first-order valence-corrected chi connectivity index (χ1v) is 12.7. The zero-order valence-corrected chi connectivity index (χ0v) is 18.9. The van der Waals surface area contributed by atoms with Crippen LogP contribution in [0.3, 0.4) is 0 Å². The lowest BCUT2D eigenvalue weighted by Crippen LogP contribution is -2.48. The number of hydrogen-bond donors (Lipinski definition) is 1. The number of nitrogens with zero attached hydrogens (tertiary/aromatic N) is 3. The molecule has 1 aromatic rings. The van der Waals surface area contributed by atoms with E-state index in [0.717, 1.165) is 69.3 Å². The van der Waals surface area contributed by atoms with Gasteiger partial charge in [0.1, 0.15) is 0 Å². The molecule has 5 nitrogen and oxygen atoms in total. The highest BCUT2D eigenvalue weighted by Gasteiger charge is 2.28. The summed E-state index contributed by atoms with van der Waals surface area (Å²) in [6.07, 6.45) is 11.4. The van der Waals surface area contributed by atoms with E-state index in [4.69, 9.17) is 0 Å². The van der Waals surface area contributed by atoms with Gasteiger partial charge in [0.05, 0.1) is 10.7 Å². The molecule has 29 heavy (non-hydrogen) atoms. The number of aromatic nitrogens is 1. The average molecular weight is 419 g/mol. The van der Waals surface area contributed by atoms with Crippen molar-refractivity contribution in [3.8, 4) is 0 Å². The summed E-state index contributed by atoms with van der Waals surface area (Å²) in [6, 6.07) is 0.390. The van der Waals surface area contributed by atoms with Crippen LogP contribution in [0.2, 0.25) is 0 Å². The number of likely N-dealkylation sites (tertiary alicyclic amines) is 2. The summed E-state index contributed by atoms with van der Waals surface area (Å²) < 4.78 is 0. The van der Waals surface area contributed by atoms with Crippen molar-refractivity contribution in [2.75, 3.05) is 32.7 Å². The highest BCUT2D eigenvalue weighted by molar-refractivity contribution is 7.09. The molecule has 162 valence electrons. The van der Waals surface area contributed by atoms with Gasteiger partial charge >= 0.3 is 0 Å². The summed E-state index contributed by atoms with van der Waals surface area (Å²) in [4.78, 5) is 22.4. The van der Waals surface area contributed by atoms with Gasteiger partial charge in [-0.2, -0.15) is 0 Å². The van der Waals surface area contributed by atoms with Crippen molar-refractivity contribution >= 4 is 17.2 Å². The van der Waals surface area contributed by atoms with E-state index in [1.54, 1.807) is 11.3 Å². The maximum Gasteiger partial charge on any atom is 0.223 e. The molecule has 2 aliphatic heterocycles. The number of carbonyl (C=O) groups is 1. The molecule has 1 N–H and O–H groups in total. The molecular weight excluding hydrogens is 380 g/mol. The van der Waals surface area contributed by atoms with Gasteiger partial charge in [-0.15, -0.1) is 11.3 Å². The van der Waals surface area contributed by atoms with Crippen LogP contribution in [-0.4, -0.2) is 59.5 Å². The van der Waals surface area contributed by atoms with E-state index in [0.29, 0.717) is 11.9 Å². The molecule has 0 spiro atoms. The third kappa shape index (κ3) is 6.25. The van der Waals surface area contributed by atoms with Gasteiger partial charge in [-0.1, -0.05) is 19.3 Å². The molecule has 1 amide bonds. The Labute approximate surface area is 180 Å². The topological polar surface area (TPSA) is 48.5 Å². The fourth-order valence-electron chi connectivity index (χ4n) is 5.38. The van der Waals surface area contributed by atoms with Crippen LogP contribution in [0.15, 0.2) is 5.38 Å². The van der Waals surface area contributed by atoms with Crippen LogP contribution < -0.4 is 5.32 Å². The Morgan fingerprint density at radius 2 is 1.72 bits per heavy atom. The van der Waals surface area contributed by atoms with Crippen LogP contribution in [0, 0.1) is 18.8 Å². The number of piperidine rings is 2. The second-order valence-electron chi connectivity index (χ2n) is 9.50. The van der Waals surface area contributed by atoms with Crippen molar-refractivity contribution in [3.05, 3.63) is 16.1 Å². The van der Waals surface area contributed by atoms with Crippen LogP contribution in [0.5, 0.6) is 0 Å². The van der Waals surface area contributed by atoms with Gasteiger partial charge in [-0.25, -0.2) is 4.98 Å². The average Bonchev–Trinajstić information content (AvgIpc) is 3.15. The maximum atomic E-state index is 12.8. The summed E-state index contributed by atoms with van der Waals surface area (Å²) in [5, 5.41) is 6.69. The molecule has 1 saturated carbocycles. The van der Waals surface area contributed by atoms with Crippen LogP contribution in [-0.2, 0) is 11.3 Å². The lowest BCUT2D eigenvalue weighted by molar-refractivity contribution is -0.127. The molecular formula is C23H38N4OS. The smallest absolute Gasteiger partial charge is 0.223 e. The Balaban J connectivity index is 1.13. The molecule has 0 atom stereocenters. The predicted octanol–water partition coefficient (Wildman–Crippen LogP) is 3.82. The van der Waals surface area contributed by atoms with Gasteiger partial charge in [-0.05, 0) is 64.5 Å². The predicted molar refractivity (Wildman–Crippen MR) is 119 cm³/mol. The molecule has 1 aliphatic carbocycles. The zero-order valence-electron chi connectivity index (χ0n) is 18.1. The minimum atomic E-state index is 0.198. The van der Waals surface area contributed by atoms with Crippen molar-refractivity contribution < 1.29 is 4.79 Å². The van der Waals surface area contributed by atoms with Crippen molar-refractivity contribution in [1.82, 2.24) is 20.1 Å². The van der Waals surface area contributed by atoms with Gasteiger partial charge in [0.15, 0.2) is 0 Å². The minimum absolute atomic E-state index is 0.198. The Bertz CT molecular complexity index is 641. The Hall–Kier alpha value is -0.980. The number of amides is 1. The first kappa shape index (κ1) is 21.3. The summed E-state index contributed by atoms with van der Waals surface area (Å²) in [5.41, 5.74) is 1.18. The number of hydrogen-bond acceptors (Lipinski definition) is 5. The normalized spacial score (nSPS) is 24.0. The van der Waals surface area contributed by atoms with Crippen molar-refractivity contribution in [3.63, 3.8) is 0 Å². The largest absolute Gasteiger partial charge is 0.353 e. The molecule has 6 heteroatoms. The SMILES string of the molecule is Cc1nc(CN2CCC(C(=O)NC3CCN(CC4CCCCC4)CC3)CC2)cs1. The standard InChI is InChI=1S/C23H38N4OS/c1-18-24-22(17-29-18)16-27-11-7-20(8-12-27)23(28)25-21-9-13-26(14-10-21)15-19-5-3-2-4-6-19/h17,19-21H,2-16H2,1H3,(H,25,28). The van der Waals surface area contributed by atoms with E-state index < -0.39 is 0 Å². The van der Waals surface area contributed by atoms with Gasteiger partial charge in [0.25, 0.3) is 0 Å². The number of nitrogens with one attached hydrogen (secondary N) is 1. The third-order valence-electron chi connectivity index (χ3n) is 7.19. The van der Waals surface area contributed by atoms with Crippen LogP contribution >= 0.6 is 11.3 Å². The Morgan fingerprint density at radius 1 is 1.03 bits per heavy atom. The fraction of sp³-hybridized carbons (Fsp3) is 0.826. The molecule has 0 bridgehead atoms. The number of aryl methyl sites for hydroxylation is 1. The van der Waals surface area contributed by atoms with E-state index in [9.17, 15) is 4.79 Å². The molecule has 3 heterocycles. The highest BCUT2D eigenvalue weighted by atomic mass is 32.1. The number of rotatable bonds is 6. The van der Waals surface area contributed by atoms with E-state index in [1.165, 1.54) is 44.3 Å². The lowest BCUT2D eigenvalue weighted by Gasteiger charge is -2.36. The zero-order chi connectivity index (χ0) is 20.1. The molecule has 0 unspecified atom stereocenters. The molecule has 2 saturated heterocycles. The molecule has 3 aliphatic rings. The van der Waals surface area contributed by atoms with Gasteiger partial charge in [0.2, 0.25) is 5.91 Å². The van der Waals surface area contributed by atoms with Crippen molar-refractivity contribution in [1.29, 1.82) is 0 Å². The third-order valence-corrected chi connectivity index (χ3v) is 8.01. The van der Waals surface area contributed by atoms with Gasteiger partial charge < -0.3 is 10.2 Å². The maximum absolute atomic E-state index is 12.8. The molecule has 0 aromatic carbocycles. The second-order valence-corrected chi connectivity index (χ2v) is 10.6. The summed E-state index contributed by atoms with van der Waals surface area (Å²) >= 11 is 1.72. The summed E-state index contributed by atoms with van der Waals surface area (Å²) in [7, 11) is 0. The summed E-state index contributed by atoms with van der Waals surface area (Å²) in [6.45, 7) is 8.61. The van der Waals surface area contributed by atoms with E-state index in [-0.39, 0.29) is 5.92 Å². The van der Waals surface area contributed by atoms with E-state index in [2.05, 4.69) is 32.4 Å². The van der Waals surface area contributed by atoms with Crippen LogP contribution in [0.1, 0.15) is 68.5 Å². The van der Waals surface area contributed by atoms with Crippen LogP contribution in [0.25, 0.3) is 0 Å². The molecule has 1 aromatic heterocycles. The fourth-order valence-corrected chi connectivity index (χ4v) is 5.98. The number of thiazole rings is 1. The van der Waals surface area contributed by atoms with Gasteiger partial charge in [-0.3, -0.25) is 9.69 Å². The van der Waals surface area contributed by atoms with E-state index in [1.807, 2.05) is 0 Å². The Kier molecular flexibility index (Phi) is 7.60. The monoisotopic (exact) mass is 418 g/mol. The summed E-state index contributed by atoms with van der Waals surface area (Å²) in [5.74, 6) is 1.43. The van der Waals surface area contributed by atoms with Crippen LogP contribution in [0.4, 0.5) is 0 Å². The Morgan fingerprint density at radius 3 is 2.38 bits per heavy atom. The molecule has 4 rings (SSSR count). The quantitative estimate of drug-likeness (QED) is 0.763. The lowest BCUT2D eigenvalue weighted by atomic mass is 9.88.